The van der Waals surface area contributed by atoms with Crippen molar-refractivity contribution in [1.82, 2.24) is 4.90 Å². The fraction of sp³-hybridized carbons (Fsp3) is 1.00. The van der Waals surface area contributed by atoms with Gasteiger partial charge in [0.1, 0.15) is 0 Å². The summed E-state index contributed by atoms with van der Waals surface area (Å²) in [5.41, 5.74) is 5.84. The molecule has 13 heavy (non-hydrogen) atoms. The SMILES string of the molecule is CN(CC(F)F)CC1CCCC1N. The molecule has 0 aromatic carbocycles. The zero-order valence-corrected chi connectivity index (χ0v) is 8.05. The average Bonchev–Trinajstić information content (AvgIpc) is 2.34. The van der Waals surface area contributed by atoms with Crippen molar-refractivity contribution in [2.24, 2.45) is 11.7 Å². The first-order valence-electron chi connectivity index (χ1n) is 4.82. The highest BCUT2D eigenvalue weighted by atomic mass is 19.3. The number of nitrogens with zero attached hydrogens (tertiary/aromatic N) is 1. The number of rotatable bonds is 4. The Balaban J connectivity index is 2.22. The highest BCUT2D eigenvalue weighted by molar-refractivity contribution is 4.81. The Kier molecular flexibility index (Phi) is 4.06. The van der Waals surface area contributed by atoms with Gasteiger partial charge < -0.3 is 10.6 Å². The van der Waals surface area contributed by atoms with Gasteiger partial charge >= 0.3 is 0 Å². The van der Waals surface area contributed by atoms with Gasteiger partial charge in [0.2, 0.25) is 0 Å². The van der Waals surface area contributed by atoms with E-state index >= 15 is 0 Å². The third-order valence-electron chi connectivity index (χ3n) is 2.71. The molecule has 0 aromatic heterocycles. The lowest BCUT2D eigenvalue weighted by atomic mass is 10.0. The second-order valence-electron chi connectivity index (χ2n) is 3.97. The van der Waals surface area contributed by atoms with Crippen molar-refractivity contribution in [2.45, 2.75) is 31.7 Å². The second-order valence-corrected chi connectivity index (χ2v) is 3.97. The van der Waals surface area contributed by atoms with E-state index in [1.807, 2.05) is 0 Å². The van der Waals surface area contributed by atoms with Crippen molar-refractivity contribution in [3.63, 3.8) is 0 Å². The predicted octanol–water partition coefficient (Wildman–Crippen LogP) is 1.31. The van der Waals surface area contributed by atoms with E-state index in [0.717, 1.165) is 19.3 Å². The molecule has 0 aromatic rings. The van der Waals surface area contributed by atoms with Crippen LogP contribution >= 0.6 is 0 Å². The highest BCUT2D eigenvalue weighted by Gasteiger charge is 2.25. The van der Waals surface area contributed by atoms with Gasteiger partial charge in [0.15, 0.2) is 0 Å². The third-order valence-corrected chi connectivity index (χ3v) is 2.71. The van der Waals surface area contributed by atoms with Gasteiger partial charge in [-0.2, -0.15) is 0 Å². The molecule has 0 radical (unpaired) electrons. The summed E-state index contributed by atoms with van der Waals surface area (Å²) in [7, 11) is 1.73. The lowest BCUT2D eigenvalue weighted by Gasteiger charge is -2.23. The molecule has 1 aliphatic carbocycles. The Bertz CT molecular complexity index is 153. The first-order valence-corrected chi connectivity index (χ1v) is 4.82. The molecule has 2 atom stereocenters. The third kappa shape index (κ3) is 3.56. The maximum Gasteiger partial charge on any atom is 0.251 e. The molecule has 0 bridgehead atoms. The van der Waals surface area contributed by atoms with E-state index in [0.29, 0.717) is 12.5 Å². The molecule has 0 saturated heterocycles. The van der Waals surface area contributed by atoms with E-state index in [1.165, 1.54) is 0 Å². The van der Waals surface area contributed by atoms with Gasteiger partial charge in [-0.3, -0.25) is 0 Å². The standard InChI is InChI=1S/C9H18F2N2/c1-13(6-9(10)11)5-7-3-2-4-8(7)12/h7-9H,2-6,12H2,1H3. The van der Waals surface area contributed by atoms with Crippen molar-refractivity contribution >= 4 is 0 Å². The summed E-state index contributed by atoms with van der Waals surface area (Å²) in [6.45, 7) is 0.578. The van der Waals surface area contributed by atoms with Crippen molar-refractivity contribution in [3.05, 3.63) is 0 Å². The van der Waals surface area contributed by atoms with Gasteiger partial charge in [0.05, 0.1) is 6.54 Å². The minimum absolute atomic E-state index is 0.136. The van der Waals surface area contributed by atoms with Gasteiger partial charge in [-0.1, -0.05) is 6.42 Å². The lowest BCUT2D eigenvalue weighted by molar-refractivity contribution is 0.0923. The zero-order valence-electron chi connectivity index (χ0n) is 8.05. The Labute approximate surface area is 78.1 Å². The van der Waals surface area contributed by atoms with E-state index in [1.54, 1.807) is 11.9 Å². The highest BCUT2D eigenvalue weighted by Crippen LogP contribution is 2.24. The molecule has 1 aliphatic rings. The molecule has 0 aliphatic heterocycles. The van der Waals surface area contributed by atoms with Crippen LogP contribution in [0.1, 0.15) is 19.3 Å². The lowest BCUT2D eigenvalue weighted by Crippen LogP contribution is -2.36. The van der Waals surface area contributed by atoms with Crippen LogP contribution in [-0.2, 0) is 0 Å². The average molecular weight is 192 g/mol. The molecular formula is C9H18F2N2. The van der Waals surface area contributed by atoms with Crippen molar-refractivity contribution in [2.75, 3.05) is 20.1 Å². The van der Waals surface area contributed by atoms with E-state index in [4.69, 9.17) is 5.73 Å². The van der Waals surface area contributed by atoms with Crippen LogP contribution in [0, 0.1) is 5.92 Å². The van der Waals surface area contributed by atoms with Crippen LogP contribution in [0.25, 0.3) is 0 Å². The van der Waals surface area contributed by atoms with Crippen LogP contribution < -0.4 is 5.73 Å². The summed E-state index contributed by atoms with van der Waals surface area (Å²) in [5, 5.41) is 0. The maximum absolute atomic E-state index is 12.0. The summed E-state index contributed by atoms with van der Waals surface area (Å²) >= 11 is 0. The molecule has 0 heterocycles. The summed E-state index contributed by atoms with van der Waals surface area (Å²) in [5.74, 6) is 0.420. The monoisotopic (exact) mass is 192 g/mol. The fourth-order valence-corrected chi connectivity index (χ4v) is 2.00. The summed E-state index contributed by atoms with van der Waals surface area (Å²) in [6, 6.07) is 0.222. The molecule has 78 valence electrons. The minimum atomic E-state index is -2.23. The second kappa shape index (κ2) is 4.86. The van der Waals surface area contributed by atoms with Crippen molar-refractivity contribution in [1.29, 1.82) is 0 Å². The number of hydrogen-bond acceptors (Lipinski definition) is 2. The molecule has 1 saturated carbocycles. The minimum Gasteiger partial charge on any atom is -0.327 e. The van der Waals surface area contributed by atoms with Crippen LogP contribution in [0.4, 0.5) is 8.78 Å². The normalized spacial score (nSPS) is 29.1. The Morgan fingerprint density at radius 3 is 2.62 bits per heavy atom. The molecule has 0 amide bonds. The molecule has 1 fully saturated rings. The summed E-state index contributed by atoms with van der Waals surface area (Å²) in [4.78, 5) is 1.68. The van der Waals surface area contributed by atoms with Crippen LogP contribution in [0.3, 0.4) is 0 Å². The van der Waals surface area contributed by atoms with E-state index < -0.39 is 6.43 Å². The first-order chi connectivity index (χ1) is 6.09. The topological polar surface area (TPSA) is 29.3 Å². The number of alkyl halides is 2. The molecule has 2 N–H and O–H groups in total. The number of halogens is 2. The first kappa shape index (κ1) is 10.9. The van der Waals surface area contributed by atoms with Gasteiger partial charge in [0, 0.05) is 12.6 Å². The zero-order chi connectivity index (χ0) is 9.84. The Morgan fingerprint density at radius 1 is 1.46 bits per heavy atom. The van der Waals surface area contributed by atoms with E-state index in [9.17, 15) is 8.78 Å². The molecule has 1 rings (SSSR count). The van der Waals surface area contributed by atoms with Gasteiger partial charge in [0.25, 0.3) is 6.43 Å². The molecular weight excluding hydrogens is 174 g/mol. The Hall–Kier alpha value is -0.220. The molecule has 4 heteroatoms. The largest absolute Gasteiger partial charge is 0.327 e. The van der Waals surface area contributed by atoms with E-state index in [2.05, 4.69) is 0 Å². The Morgan fingerprint density at radius 2 is 2.15 bits per heavy atom. The summed E-state index contributed by atoms with van der Waals surface area (Å²) < 4.78 is 24.0. The number of hydrogen-bond donors (Lipinski definition) is 1. The summed E-state index contributed by atoms with van der Waals surface area (Å²) in [6.07, 6.45) is 1.05. The number of nitrogens with two attached hydrogens (primary N) is 1. The van der Waals surface area contributed by atoms with Crippen LogP contribution in [-0.4, -0.2) is 37.5 Å². The molecule has 2 nitrogen and oxygen atoms in total. The molecule has 0 spiro atoms. The van der Waals surface area contributed by atoms with Crippen LogP contribution in [0.5, 0.6) is 0 Å². The van der Waals surface area contributed by atoms with Gasteiger partial charge in [-0.15, -0.1) is 0 Å². The van der Waals surface area contributed by atoms with Crippen molar-refractivity contribution < 1.29 is 8.78 Å². The predicted molar refractivity (Wildman–Crippen MR) is 48.8 cm³/mol. The quantitative estimate of drug-likeness (QED) is 0.727. The van der Waals surface area contributed by atoms with Gasteiger partial charge in [-0.25, -0.2) is 8.78 Å². The fourth-order valence-electron chi connectivity index (χ4n) is 2.00. The van der Waals surface area contributed by atoms with Gasteiger partial charge in [-0.05, 0) is 25.8 Å². The maximum atomic E-state index is 12.0. The van der Waals surface area contributed by atoms with Crippen LogP contribution in [0.15, 0.2) is 0 Å². The smallest absolute Gasteiger partial charge is 0.251 e. The van der Waals surface area contributed by atoms with Crippen LogP contribution in [0.2, 0.25) is 0 Å². The van der Waals surface area contributed by atoms with Crippen molar-refractivity contribution in [3.8, 4) is 0 Å². The van der Waals surface area contributed by atoms with E-state index in [-0.39, 0.29) is 12.6 Å². The molecule has 2 unspecified atom stereocenters.